The molecule has 24 heavy (non-hydrogen) atoms. The summed E-state index contributed by atoms with van der Waals surface area (Å²) in [4.78, 5) is 35.5. The summed E-state index contributed by atoms with van der Waals surface area (Å²) in [6.45, 7) is 2.59. The van der Waals surface area contributed by atoms with E-state index in [1.165, 1.54) is 0 Å². The van der Waals surface area contributed by atoms with Crippen molar-refractivity contribution in [3.8, 4) is 0 Å². The Morgan fingerprint density at radius 3 is 2.29 bits per heavy atom. The van der Waals surface area contributed by atoms with Crippen molar-refractivity contribution in [3.63, 3.8) is 0 Å². The Bertz CT molecular complexity index is 637. The predicted octanol–water partition coefficient (Wildman–Crippen LogP) is 2.43. The minimum absolute atomic E-state index is 0.155. The highest BCUT2D eigenvalue weighted by atomic mass is 16.4. The van der Waals surface area contributed by atoms with E-state index in [0.29, 0.717) is 30.6 Å². The van der Waals surface area contributed by atoms with Crippen LogP contribution in [0.5, 0.6) is 0 Å². The normalized spacial score (nSPS) is 19.5. The van der Waals surface area contributed by atoms with Crippen LogP contribution in [0, 0.1) is 11.8 Å². The van der Waals surface area contributed by atoms with E-state index in [2.05, 4.69) is 10.6 Å². The maximum absolute atomic E-state index is 12.4. The third-order valence-electron chi connectivity index (χ3n) is 4.04. The van der Waals surface area contributed by atoms with Crippen LogP contribution in [-0.4, -0.2) is 29.4 Å². The highest BCUT2D eigenvalue weighted by molar-refractivity contribution is 5.97. The first-order chi connectivity index (χ1) is 11.5. The lowest BCUT2D eigenvalue weighted by Gasteiger charge is -2.24. The molecular weight excluding hydrogens is 308 g/mol. The molecule has 6 heteroatoms. The van der Waals surface area contributed by atoms with Gasteiger partial charge in [-0.25, -0.2) is 0 Å². The molecule has 2 amide bonds. The van der Waals surface area contributed by atoms with Gasteiger partial charge in [-0.15, -0.1) is 0 Å². The minimum Gasteiger partial charge on any atom is -0.481 e. The number of aliphatic carboxylic acids is 1. The van der Waals surface area contributed by atoms with Gasteiger partial charge in [0.1, 0.15) is 0 Å². The van der Waals surface area contributed by atoms with Gasteiger partial charge in [0.2, 0.25) is 5.91 Å². The summed E-state index contributed by atoms with van der Waals surface area (Å²) in [5.41, 5.74) is 1.07. The number of carboxylic acid groups (broad SMARTS) is 1. The Hall–Kier alpha value is -2.63. The van der Waals surface area contributed by atoms with Crippen LogP contribution in [0.1, 0.15) is 36.5 Å². The molecule has 1 aliphatic carbocycles. The second-order valence-electron chi connectivity index (χ2n) is 5.82. The monoisotopic (exact) mass is 330 g/mol. The molecule has 0 saturated carbocycles. The maximum atomic E-state index is 12.4. The first-order valence-electron chi connectivity index (χ1n) is 8.10. The minimum atomic E-state index is -0.956. The number of nitrogens with one attached hydrogen (secondary N) is 2. The highest BCUT2D eigenvalue weighted by Crippen LogP contribution is 2.27. The number of carbonyl (C=O) groups is 3. The fraction of sp³-hybridized carbons (Fsp3) is 0.389. The number of hydrogen-bond donors (Lipinski definition) is 3. The summed E-state index contributed by atoms with van der Waals surface area (Å²) in [5, 5.41) is 14.8. The standard InChI is InChI=1S/C18H22N2O4/c1-2-11-19-16(21)12-7-9-13(10-8-12)20-17(22)14-5-3-4-6-15(14)18(23)24/h3-4,7-10,14-15H,2,5-6,11H2,1H3,(H,19,21)(H,20,22)(H,23,24). The number of carbonyl (C=O) groups excluding carboxylic acids is 2. The lowest BCUT2D eigenvalue weighted by Crippen LogP contribution is -2.34. The van der Waals surface area contributed by atoms with Crippen molar-refractivity contribution >= 4 is 23.5 Å². The number of anilines is 1. The molecule has 0 radical (unpaired) electrons. The van der Waals surface area contributed by atoms with Crippen molar-refractivity contribution in [2.45, 2.75) is 26.2 Å². The summed E-state index contributed by atoms with van der Waals surface area (Å²) in [7, 11) is 0. The van der Waals surface area contributed by atoms with E-state index in [9.17, 15) is 19.5 Å². The average molecular weight is 330 g/mol. The van der Waals surface area contributed by atoms with E-state index in [-0.39, 0.29) is 11.8 Å². The van der Waals surface area contributed by atoms with Crippen molar-refractivity contribution in [1.29, 1.82) is 0 Å². The van der Waals surface area contributed by atoms with Gasteiger partial charge in [0.25, 0.3) is 5.91 Å². The van der Waals surface area contributed by atoms with E-state index in [1.54, 1.807) is 30.3 Å². The summed E-state index contributed by atoms with van der Waals surface area (Å²) in [6.07, 6.45) is 5.28. The lowest BCUT2D eigenvalue weighted by atomic mass is 9.82. The third kappa shape index (κ3) is 4.44. The van der Waals surface area contributed by atoms with Crippen molar-refractivity contribution in [2.75, 3.05) is 11.9 Å². The van der Waals surface area contributed by atoms with Crippen LogP contribution in [0.4, 0.5) is 5.69 Å². The van der Waals surface area contributed by atoms with E-state index in [0.717, 1.165) is 6.42 Å². The van der Waals surface area contributed by atoms with E-state index < -0.39 is 17.8 Å². The number of carboxylic acids is 1. The smallest absolute Gasteiger partial charge is 0.307 e. The number of benzene rings is 1. The van der Waals surface area contributed by atoms with Crippen LogP contribution >= 0.6 is 0 Å². The Kier molecular flexibility index (Phi) is 6.12. The molecule has 6 nitrogen and oxygen atoms in total. The molecule has 2 unspecified atom stereocenters. The topological polar surface area (TPSA) is 95.5 Å². The van der Waals surface area contributed by atoms with Gasteiger partial charge in [0.15, 0.2) is 0 Å². The predicted molar refractivity (Wildman–Crippen MR) is 90.7 cm³/mol. The highest BCUT2D eigenvalue weighted by Gasteiger charge is 2.33. The number of amides is 2. The molecular formula is C18H22N2O4. The molecule has 0 aliphatic heterocycles. The largest absolute Gasteiger partial charge is 0.481 e. The Labute approximate surface area is 140 Å². The molecule has 128 valence electrons. The van der Waals surface area contributed by atoms with Crippen LogP contribution in [0.15, 0.2) is 36.4 Å². The first kappa shape index (κ1) is 17.7. The zero-order chi connectivity index (χ0) is 17.5. The molecule has 0 fully saturated rings. The van der Waals surface area contributed by atoms with Crippen molar-refractivity contribution in [3.05, 3.63) is 42.0 Å². The van der Waals surface area contributed by atoms with Crippen LogP contribution in [-0.2, 0) is 9.59 Å². The number of hydrogen-bond acceptors (Lipinski definition) is 3. The Morgan fingerprint density at radius 1 is 1.08 bits per heavy atom. The van der Waals surface area contributed by atoms with Crippen molar-refractivity contribution < 1.29 is 19.5 Å². The maximum Gasteiger partial charge on any atom is 0.307 e. The zero-order valence-corrected chi connectivity index (χ0v) is 13.6. The summed E-state index contributed by atoms with van der Waals surface area (Å²) < 4.78 is 0. The summed E-state index contributed by atoms with van der Waals surface area (Å²) in [5.74, 6) is -2.70. The molecule has 0 heterocycles. The van der Waals surface area contributed by atoms with Gasteiger partial charge in [-0.3, -0.25) is 14.4 Å². The van der Waals surface area contributed by atoms with E-state index in [4.69, 9.17) is 0 Å². The average Bonchev–Trinajstić information content (AvgIpc) is 2.60. The molecule has 0 bridgehead atoms. The van der Waals surface area contributed by atoms with Crippen LogP contribution in [0.3, 0.4) is 0 Å². The molecule has 2 atom stereocenters. The molecule has 0 saturated heterocycles. The number of rotatable bonds is 6. The molecule has 1 aromatic carbocycles. The molecule has 0 aromatic heterocycles. The molecule has 0 spiro atoms. The summed E-state index contributed by atoms with van der Waals surface area (Å²) >= 11 is 0. The fourth-order valence-electron chi connectivity index (χ4n) is 2.66. The third-order valence-corrected chi connectivity index (χ3v) is 4.04. The van der Waals surface area contributed by atoms with Crippen molar-refractivity contribution in [2.24, 2.45) is 11.8 Å². The van der Waals surface area contributed by atoms with Gasteiger partial charge in [-0.1, -0.05) is 19.1 Å². The van der Waals surface area contributed by atoms with E-state index in [1.807, 2.05) is 13.0 Å². The van der Waals surface area contributed by atoms with Gasteiger partial charge in [0.05, 0.1) is 11.8 Å². The SMILES string of the molecule is CCCNC(=O)c1ccc(NC(=O)C2CC=CCC2C(=O)O)cc1. The van der Waals surface area contributed by atoms with Crippen LogP contribution < -0.4 is 10.6 Å². The zero-order valence-electron chi connectivity index (χ0n) is 13.6. The van der Waals surface area contributed by atoms with Crippen molar-refractivity contribution in [1.82, 2.24) is 5.32 Å². The Balaban J connectivity index is 2.00. The summed E-state index contributed by atoms with van der Waals surface area (Å²) in [6, 6.07) is 6.56. The van der Waals surface area contributed by atoms with Gasteiger partial charge >= 0.3 is 5.97 Å². The van der Waals surface area contributed by atoms with E-state index >= 15 is 0 Å². The fourth-order valence-corrected chi connectivity index (χ4v) is 2.66. The molecule has 2 rings (SSSR count). The quantitative estimate of drug-likeness (QED) is 0.698. The van der Waals surface area contributed by atoms with Gasteiger partial charge in [-0.2, -0.15) is 0 Å². The number of allylic oxidation sites excluding steroid dienone is 2. The van der Waals surface area contributed by atoms with Gasteiger partial charge < -0.3 is 15.7 Å². The van der Waals surface area contributed by atoms with Crippen LogP contribution in [0.2, 0.25) is 0 Å². The molecule has 3 N–H and O–H groups in total. The first-order valence-corrected chi connectivity index (χ1v) is 8.10. The van der Waals surface area contributed by atoms with Gasteiger partial charge in [0, 0.05) is 17.8 Å². The molecule has 1 aromatic rings. The van der Waals surface area contributed by atoms with Crippen LogP contribution in [0.25, 0.3) is 0 Å². The second kappa shape index (κ2) is 8.29. The Morgan fingerprint density at radius 2 is 1.71 bits per heavy atom. The van der Waals surface area contributed by atoms with Gasteiger partial charge in [-0.05, 0) is 43.5 Å². The molecule has 1 aliphatic rings. The lowest BCUT2D eigenvalue weighted by molar-refractivity contribution is -0.146. The second-order valence-corrected chi connectivity index (χ2v) is 5.82.